The smallest absolute Gasteiger partial charge is 0.444 e. The molecule has 0 radical (unpaired) electrons. The van der Waals surface area contributed by atoms with Crippen molar-refractivity contribution in [3.05, 3.63) is 29.3 Å². The van der Waals surface area contributed by atoms with Gasteiger partial charge in [-0.05, 0) is 79.4 Å². The van der Waals surface area contributed by atoms with E-state index in [9.17, 15) is 9.59 Å². The molecule has 1 atom stereocenters. The van der Waals surface area contributed by atoms with E-state index in [4.69, 9.17) is 14.0 Å². The van der Waals surface area contributed by atoms with Crippen LogP contribution < -0.4 is 5.46 Å². The SMILES string of the molecule is Cc1cc(B2OC(C)(C)C(C)(C)O2)ccc1C(=O)N1CCN(C(=O)OC(C)(C)C)C[C@@H]1C. The number of nitrogens with zero attached hydrogens (tertiary/aromatic N) is 2. The summed E-state index contributed by atoms with van der Waals surface area (Å²) in [6.07, 6.45) is -0.334. The fourth-order valence-corrected chi connectivity index (χ4v) is 3.96. The van der Waals surface area contributed by atoms with E-state index in [0.717, 1.165) is 11.0 Å². The first kappa shape index (κ1) is 24.6. The molecule has 0 unspecified atom stereocenters. The number of piperazine rings is 1. The van der Waals surface area contributed by atoms with Crippen molar-refractivity contribution in [1.29, 1.82) is 0 Å². The number of ether oxygens (including phenoxy) is 1. The summed E-state index contributed by atoms with van der Waals surface area (Å²) in [4.78, 5) is 29.2. The van der Waals surface area contributed by atoms with Crippen molar-refractivity contribution < 1.29 is 23.6 Å². The fourth-order valence-electron chi connectivity index (χ4n) is 3.96. The first-order valence-electron chi connectivity index (χ1n) is 11.4. The second-order valence-corrected chi connectivity index (χ2v) is 10.9. The Balaban J connectivity index is 1.69. The van der Waals surface area contributed by atoms with Gasteiger partial charge in [-0.2, -0.15) is 0 Å². The van der Waals surface area contributed by atoms with E-state index in [1.807, 2.05) is 85.4 Å². The van der Waals surface area contributed by atoms with Gasteiger partial charge in [0.2, 0.25) is 0 Å². The fraction of sp³-hybridized carbons (Fsp3) is 0.667. The first-order valence-corrected chi connectivity index (χ1v) is 11.4. The molecule has 2 heterocycles. The van der Waals surface area contributed by atoms with Crippen molar-refractivity contribution in [2.75, 3.05) is 19.6 Å². The quantitative estimate of drug-likeness (QED) is 0.655. The van der Waals surface area contributed by atoms with Crippen LogP contribution in [0.5, 0.6) is 0 Å². The summed E-state index contributed by atoms with van der Waals surface area (Å²) in [5.74, 6) is -0.0284. The van der Waals surface area contributed by atoms with Gasteiger partial charge >= 0.3 is 13.2 Å². The highest BCUT2D eigenvalue weighted by Crippen LogP contribution is 2.36. The molecule has 2 aliphatic rings. The minimum Gasteiger partial charge on any atom is -0.444 e. The number of amides is 2. The lowest BCUT2D eigenvalue weighted by Gasteiger charge is -2.40. The number of carbonyl (C=O) groups excluding carboxylic acids is 2. The summed E-state index contributed by atoms with van der Waals surface area (Å²) in [6, 6.07) is 5.62. The lowest BCUT2D eigenvalue weighted by Crippen LogP contribution is -2.56. The predicted molar refractivity (Wildman–Crippen MR) is 125 cm³/mol. The van der Waals surface area contributed by atoms with E-state index in [-0.39, 0.29) is 18.0 Å². The third kappa shape index (κ3) is 4.96. The molecule has 1 aromatic rings. The summed E-state index contributed by atoms with van der Waals surface area (Å²) in [5.41, 5.74) is 1.07. The molecule has 2 amide bonds. The van der Waals surface area contributed by atoms with Gasteiger partial charge in [-0.25, -0.2) is 4.79 Å². The van der Waals surface area contributed by atoms with Gasteiger partial charge in [0, 0.05) is 31.2 Å². The molecule has 0 saturated carbocycles. The summed E-state index contributed by atoms with van der Waals surface area (Å²) >= 11 is 0. The van der Waals surface area contributed by atoms with Crippen LogP contribution in [0.25, 0.3) is 0 Å². The minimum absolute atomic E-state index is 0.0284. The molecule has 176 valence electrons. The van der Waals surface area contributed by atoms with Crippen molar-refractivity contribution >= 4 is 24.6 Å². The second-order valence-electron chi connectivity index (χ2n) is 10.9. The number of benzene rings is 1. The first-order chi connectivity index (χ1) is 14.6. The van der Waals surface area contributed by atoms with Gasteiger partial charge in [0.15, 0.2) is 0 Å². The highest BCUT2D eigenvalue weighted by molar-refractivity contribution is 6.62. The largest absolute Gasteiger partial charge is 0.494 e. The Morgan fingerprint density at radius 2 is 1.69 bits per heavy atom. The molecule has 0 aliphatic carbocycles. The van der Waals surface area contributed by atoms with E-state index in [1.54, 1.807) is 4.90 Å². The van der Waals surface area contributed by atoms with Crippen LogP contribution in [-0.4, -0.2) is 71.4 Å². The van der Waals surface area contributed by atoms with E-state index in [1.165, 1.54) is 0 Å². The average molecular weight is 444 g/mol. The van der Waals surface area contributed by atoms with Gasteiger partial charge in [-0.15, -0.1) is 0 Å². The summed E-state index contributed by atoms with van der Waals surface area (Å²) in [6.45, 7) is 18.9. The third-order valence-electron chi connectivity index (χ3n) is 6.55. The Morgan fingerprint density at radius 1 is 1.09 bits per heavy atom. The monoisotopic (exact) mass is 444 g/mol. The number of rotatable bonds is 2. The Labute approximate surface area is 192 Å². The Bertz CT molecular complexity index is 877. The van der Waals surface area contributed by atoms with Crippen molar-refractivity contribution in [2.24, 2.45) is 0 Å². The zero-order chi connectivity index (χ0) is 24.1. The van der Waals surface area contributed by atoms with Gasteiger partial charge in [0.1, 0.15) is 5.60 Å². The third-order valence-corrected chi connectivity index (χ3v) is 6.55. The van der Waals surface area contributed by atoms with E-state index >= 15 is 0 Å². The lowest BCUT2D eigenvalue weighted by atomic mass is 9.77. The van der Waals surface area contributed by atoms with E-state index in [0.29, 0.717) is 25.2 Å². The maximum Gasteiger partial charge on any atom is 0.494 e. The molecule has 0 bridgehead atoms. The molecule has 1 aromatic carbocycles. The molecule has 32 heavy (non-hydrogen) atoms. The van der Waals surface area contributed by atoms with Gasteiger partial charge in [0.05, 0.1) is 11.2 Å². The number of aryl methyl sites for hydroxylation is 1. The molecule has 3 rings (SSSR count). The predicted octanol–water partition coefficient (Wildman–Crippen LogP) is 3.38. The normalized spacial score (nSPS) is 22.8. The van der Waals surface area contributed by atoms with Crippen LogP contribution in [0.2, 0.25) is 0 Å². The number of hydrogen-bond donors (Lipinski definition) is 0. The van der Waals surface area contributed by atoms with Crippen molar-refractivity contribution in [2.45, 2.75) is 85.2 Å². The molecule has 2 saturated heterocycles. The van der Waals surface area contributed by atoms with Crippen molar-refractivity contribution in [3.63, 3.8) is 0 Å². The van der Waals surface area contributed by atoms with Gasteiger partial charge in [0.25, 0.3) is 5.91 Å². The molecule has 2 aliphatic heterocycles. The van der Waals surface area contributed by atoms with Gasteiger partial charge < -0.3 is 23.8 Å². The van der Waals surface area contributed by atoms with Crippen LogP contribution in [0.1, 0.15) is 71.3 Å². The molecular formula is C24H37BN2O5. The molecule has 0 aromatic heterocycles. The second kappa shape index (κ2) is 8.38. The molecule has 2 fully saturated rings. The zero-order valence-electron chi connectivity index (χ0n) is 20.9. The number of carbonyl (C=O) groups is 2. The van der Waals surface area contributed by atoms with Gasteiger partial charge in [-0.3, -0.25) is 4.79 Å². The highest BCUT2D eigenvalue weighted by atomic mass is 16.7. The summed E-state index contributed by atoms with van der Waals surface area (Å²) < 4.78 is 17.8. The van der Waals surface area contributed by atoms with Crippen LogP contribution >= 0.6 is 0 Å². The maximum atomic E-state index is 13.3. The van der Waals surface area contributed by atoms with E-state index < -0.39 is 23.9 Å². The molecule has 0 spiro atoms. The Kier molecular flexibility index (Phi) is 6.44. The van der Waals surface area contributed by atoms with Crippen LogP contribution in [0.3, 0.4) is 0 Å². The zero-order valence-corrected chi connectivity index (χ0v) is 20.9. The maximum absolute atomic E-state index is 13.3. The molecule has 0 N–H and O–H groups in total. The minimum atomic E-state index is -0.538. The van der Waals surface area contributed by atoms with E-state index in [2.05, 4.69) is 0 Å². The lowest BCUT2D eigenvalue weighted by molar-refractivity contribution is 0.00578. The molecule has 8 heteroatoms. The van der Waals surface area contributed by atoms with Crippen LogP contribution in [0, 0.1) is 6.92 Å². The van der Waals surface area contributed by atoms with Crippen LogP contribution in [0.4, 0.5) is 4.79 Å². The summed E-state index contributed by atoms with van der Waals surface area (Å²) in [5, 5.41) is 0. The number of hydrogen-bond acceptors (Lipinski definition) is 5. The standard InChI is InChI=1S/C24H37BN2O5/c1-16-14-18(25-31-23(6,7)24(8,9)32-25)10-11-19(16)20(28)27-13-12-26(15-17(27)2)21(29)30-22(3,4)5/h10-11,14,17H,12-13,15H2,1-9H3/t17-/m0/s1. The Morgan fingerprint density at radius 3 is 2.19 bits per heavy atom. The Hall–Kier alpha value is -2.06. The topological polar surface area (TPSA) is 68.3 Å². The van der Waals surface area contributed by atoms with Crippen LogP contribution in [0.15, 0.2) is 18.2 Å². The van der Waals surface area contributed by atoms with Crippen molar-refractivity contribution in [1.82, 2.24) is 9.80 Å². The summed E-state index contributed by atoms with van der Waals surface area (Å²) in [7, 11) is -0.459. The van der Waals surface area contributed by atoms with Gasteiger partial charge in [-0.1, -0.05) is 12.1 Å². The average Bonchev–Trinajstić information content (AvgIpc) is 2.87. The highest BCUT2D eigenvalue weighted by Gasteiger charge is 2.51. The molecular weight excluding hydrogens is 407 g/mol. The van der Waals surface area contributed by atoms with Crippen molar-refractivity contribution in [3.8, 4) is 0 Å². The molecule has 7 nitrogen and oxygen atoms in total. The van der Waals surface area contributed by atoms with Crippen LogP contribution in [-0.2, 0) is 14.0 Å².